The average molecular weight is 643 g/mol. The predicted molar refractivity (Wildman–Crippen MR) is 172 cm³/mol. The minimum Gasteiger partial charge on any atom is -0.490 e. The first-order valence-electron chi connectivity index (χ1n) is 15.9. The van der Waals surface area contributed by atoms with Crippen LogP contribution in [0.3, 0.4) is 0 Å². The molecule has 6 rings (SSSR count). The molecule has 0 saturated heterocycles. The lowest BCUT2D eigenvalue weighted by atomic mass is 9.68. The molecule has 1 saturated carbocycles. The molecule has 1 fully saturated rings. The van der Waals surface area contributed by atoms with Crippen molar-refractivity contribution in [3.8, 4) is 5.75 Å². The number of fused-ring (bicyclic) bond motifs is 4. The van der Waals surface area contributed by atoms with Crippen molar-refractivity contribution in [2.24, 2.45) is 17.8 Å². The van der Waals surface area contributed by atoms with Gasteiger partial charge in [-0.15, -0.1) is 0 Å². The minimum atomic E-state index is -4.07. The number of aliphatic hydroxyl groups is 1. The normalized spacial score (nSPS) is 32.3. The molecule has 4 aliphatic rings. The van der Waals surface area contributed by atoms with Crippen molar-refractivity contribution in [2.45, 2.75) is 69.1 Å². The Kier molecular flexibility index (Phi) is 9.03. The lowest BCUT2D eigenvalue weighted by Gasteiger charge is -2.45. The first-order chi connectivity index (χ1) is 21.1. The van der Waals surface area contributed by atoms with E-state index in [-0.39, 0.29) is 35.3 Å². The predicted octanol–water partition coefficient (Wildman–Crippen LogP) is 5.26. The summed E-state index contributed by atoms with van der Waals surface area (Å²) >= 11 is 6.40. The van der Waals surface area contributed by atoms with Gasteiger partial charge in [0.05, 0.1) is 25.0 Å². The molecule has 2 aliphatic heterocycles. The van der Waals surface area contributed by atoms with Crippen LogP contribution in [0.4, 0.5) is 5.69 Å². The summed E-state index contributed by atoms with van der Waals surface area (Å²) in [5.74, 6) is 0.0331. The molecular formula is C34H43ClN2O6S. The van der Waals surface area contributed by atoms with Crippen molar-refractivity contribution in [2.75, 3.05) is 37.8 Å². The van der Waals surface area contributed by atoms with E-state index in [0.29, 0.717) is 38.5 Å². The highest BCUT2D eigenvalue weighted by atomic mass is 35.5. The van der Waals surface area contributed by atoms with Gasteiger partial charge in [-0.3, -0.25) is 4.79 Å². The van der Waals surface area contributed by atoms with Crippen LogP contribution in [0.25, 0.3) is 0 Å². The SMILES string of the molecule is CCOC[C@@H]1[C@@H](C)C/C=C/C(O)C2CCC2CN2CC3(CCCc4cc(Cl)ccc43)COc3ccc(cc32)C(=O)NS1(=O)=O. The van der Waals surface area contributed by atoms with E-state index in [1.165, 1.54) is 11.1 Å². The van der Waals surface area contributed by atoms with Gasteiger partial charge in [-0.05, 0) is 105 Å². The van der Waals surface area contributed by atoms with Crippen LogP contribution in [0, 0.1) is 17.8 Å². The van der Waals surface area contributed by atoms with Gasteiger partial charge in [-0.2, -0.15) is 0 Å². The minimum absolute atomic E-state index is 0.0258. The van der Waals surface area contributed by atoms with Crippen molar-refractivity contribution in [3.63, 3.8) is 0 Å². The number of rotatable bonds is 3. The highest BCUT2D eigenvalue weighted by Gasteiger charge is 2.44. The number of halogens is 1. The number of sulfonamides is 1. The lowest BCUT2D eigenvalue weighted by Crippen LogP contribution is -2.49. The van der Waals surface area contributed by atoms with Crippen LogP contribution in [0.1, 0.15) is 67.4 Å². The van der Waals surface area contributed by atoms with Gasteiger partial charge in [0.15, 0.2) is 0 Å². The largest absolute Gasteiger partial charge is 0.490 e. The third-order valence-corrected chi connectivity index (χ3v) is 12.4. The number of nitrogens with zero attached hydrogens (tertiary/aromatic N) is 1. The van der Waals surface area contributed by atoms with Crippen LogP contribution in [0.2, 0.25) is 5.02 Å². The van der Waals surface area contributed by atoms with Gasteiger partial charge in [-0.25, -0.2) is 13.1 Å². The van der Waals surface area contributed by atoms with E-state index in [9.17, 15) is 18.3 Å². The van der Waals surface area contributed by atoms with E-state index in [4.69, 9.17) is 21.1 Å². The van der Waals surface area contributed by atoms with Crippen molar-refractivity contribution in [1.29, 1.82) is 0 Å². The quantitative estimate of drug-likeness (QED) is 0.440. The van der Waals surface area contributed by atoms with Gasteiger partial charge >= 0.3 is 0 Å². The van der Waals surface area contributed by atoms with Gasteiger partial charge in [0, 0.05) is 35.7 Å². The number of hydrogen-bond acceptors (Lipinski definition) is 7. The summed E-state index contributed by atoms with van der Waals surface area (Å²) in [6.45, 7) is 5.86. The highest BCUT2D eigenvalue weighted by Crippen LogP contribution is 2.46. The number of nitrogens with one attached hydrogen (secondary N) is 1. The summed E-state index contributed by atoms with van der Waals surface area (Å²) in [5, 5.41) is 11.0. The number of aryl methyl sites for hydroxylation is 1. The van der Waals surface area contributed by atoms with E-state index >= 15 is 0 Å². The molecule has 44 heavy (non-hydrogen) atoms. The van der Waals surface area contributed by atoms with Crippen LogP contribution >= 0.6 is 11.6 Å². The first-order valence-corrected chi connectivity index (χ1v) is 17.8. The Morgan fingerprint density at radius 1 is 1.20 bits per heavy atom. The van der Waals surface area contributed by atoms with Crippen molar-refractivity contribution >= 4 is 33.2 Å². The van der Waals surface area contributed by atoms with E-state index < -0.39 is 27.3 Å². The number of benzene rings is 2. The summed E-state index contributed by atoms with van der Waals surface area (Å²) in [6, 6.07) is 11.3. The molecule has 1 spiro atoms. The van der Waals surface area contributed by atoms with E-state index in [0.717, 1.165) is 42.8 Å². The van der Waals surface area contributed by atoms with E-state index in [1.807, 2.05) is 32.1 Å². The van der Waals surface area contributed by atoms with Crippen molar-refractivity contribution < 1.29 is 27.8 Å². The Labute approximate surface area is 265 Å². The zero-order valence-corrected chi connectivity index (χ0v) is 27.1. The van der Waals surface area contributed by atoms with Gasteiger partial charge < -0.3 is 19.5 Å². The Balaban J connectivity index is 1.41. The van der Waals surface area contributed by atoms with Crippen LogP contribution in [-0.4, -0.2) is 63.7 Å². The Morgan fingerprint density at radius 3 is 2.82 bits per heavy atom. The maximum atomic E-state index is 13.6. The van der Waals surface area contributed by atoms with Gasteiger partial charge in [0.1, 0.15) is 11.0 Å². The molecule has 2 heterocycles. The molecule has 6 atom stereocenters. The van der Waals surface area contributed by atoms with Crippen LogP contribution in [0.5, 0.6) is 5.75 Å². The van der Waals surface area contributed by atoms with Crippen LogP contribution in [-0.2, 0) is 26.6 Å². The van der Waals surface area contributed by atoms with Gasteiger partial charge in [0.25, 0.3) is 5.91 Å². The molecule has 238 valence electrons. The lowest BCUT2D eigenvalue weighted by molar-refractivity contribution is 0.0455. The Morgan fingerprint density at radius 2 is 2.05 bits per heavy atom. The number of aliphatic hydroxyl groups excluding tert-OH is 1. The number of carbonyl (C=O) groups is 1. The number of amides is 1. The Hall–Kier alpha value is -2.59. The molecule has 10 heteroatoms. The monoisotopic (exact) mass is 642 g/mol. The van der Waals surface area contributed by atoms with Crippen LogP contribution < -0.4 is 14.4 Å². The van der Waals surface area contributed by atoms with Crippen LogP contribution in [0.15, 0.2) is 48.6 Å². The van der Waals surface area contributed by atoms with Gasteiger partial charge in [0.2, 0.25) is 10.0 Å². The topological polar surface area (TPSA) is 105 Å². The number of allylic oxidation sites excluding steroid dienone is 1. The number of anilines is 1. The molecule has 8 nitrogen and oxygen atoms in total. The fourth-order valence-corrected chi connectivity index (χ4v) is 9.31. The second-order valence-corrected chi connectivity index (χ2v) is 15.4. The molecule has 1 amide bonds. The van der Waals surface area contributed by atoms with E-state index in [2.05, 4.69) is 21.8 Å². The maximum Gasteiger partial charge on any atom is 0.264 e. The molecular weight excluding hydrogens is 600 g/mol. The number of carbonyl (C=O) groups excluding carboxylic acids is 1. The van der Waals surface area contributed by atoms with E-state index in [1.54, 1.807) is 18.2 Å². The molecule has 2 N–H and O–H groups in total. The molecule has 2 aliphatic carbocycles. The second-order valence-electron chi connectivity index (χ2n) is 13.1. The summed E-state index contributed by atoms with van der Waals surface area (Å²) in [6.07, 6.45) is 8.40. The molecule has 2 aromatic rings. The summed E-state index contributed by atoms with van der Waals surface area (Å²) < 4.78 is 41.5. The fourth-order valence-electron chi connectivity index (χ4n) is 7.59. The summed E-state index contributed by atoms with van der Waals surface area (Å²) in [7, 11) is -4.07. The second kappa shape index (κ2) is 12.7. The average Bonchev–Trinajstić information content (AvgIpc) is 3.11. The molecule has 0 aromatic heterocycles. The first kappa shape index (κ1) is 31.4. The third-order valence-electron chi connectivity index (χ3n) is 10.3. The van der Waals surface area contributed by atoms with Gasteiger partial charge in [-0.1, -0.05) is 36.7 Å². The maximum absolute atomic E-state index is 13.6. The fraction of sp³-hybridized carbons (Fsp3) is 0.559. The van der Waals surface area contributed by atoms with Crippen molar-refractivity contribution in [3.05, 3.63) is 70.3 Å². The highest BCUT2D eigenvalue weighted by molar-refractivity contribution is 7.90. The molecule has 0 radical (unpaired) electrons. The zero-order chi connectivity index (χ0) is 31.1. The molecule has 2 bridgehead atoms. The number of hydrogen-bond donors (Lipinski definition) is 2. The molecule has 4 unspecified atom stereocenters. The summed E-state index contributed by atoms with van der Waals surface area (Å²) in [4.78, 5) is 15.8. The zero-order valence-electron chi connectivity index (χ0n) is 25.5. The Bertz CT molecular complexity index is 1530. The molecule has 2 aromatic carbocycles. The van der Waals surface area contributed by atoms with Crippen molar-refractivity contribution in [1.82, 2.24) is 4.72 Å². The smallest absolute Gasteiger partial charge is 0.264 e. The number of ether oxygens (including phenoxy) is 2. The summed E-state index contributed by atoms with van der Waals surface area (Å²) in [5.41, 5.74) is 3.25. The third kappa shape index (κ3) is 6.13. The standard InChI is InChI=1S/C34H43ClN2O6S/c1-3-42-19-32-22(2)6-4-8-30(38)27-12-9-25(27)18-37-20-34(15-5-7-23-16-26(35)11-13-28(23)34)21-43-31-14-10-24(17-29(31)37)33(39)36-44(32,40)41/h4,8,10-11,13-14,16-17,22,25,27,30,32,38H,3,5-7,9,12,15,18-21H2,1-2H3,(H,36,39)/b8-4+/t22-,25?,27?,30?,32+,34?/m0/s1.